The van der Waals surface area contributed by atoms with Gasteiger partial charge < -0.3 is 4.40 Å². The van der Waals surface area contributed by atoms with Gasteiger partial charge in [0.1, 0.15) is 5.65 Å². The van der Waals surface area contributed by atoms with Crippen molar-refractivity contribution in [1.82, 2.24) is 9.38 Å². The zero-order valence-electron chi connectivity index (χ0n) is 11.6. The van der Waals surface area contributed by atoms with E-state index in [1.165, 1.54) is 22.3 Å². The van der Waals surface area contributed by atoms with E-state index >= 15 is 0 Å². The summed E-state index contributed by atoms with van der Waals surface area (Å²) in [5.41, 5.74) is 7.20. The third-order valence-electron chi connectivity index (χ3n) is 3.74. The molecule has 2 heterocycles. The number of hydrogen-bond acceptors (Lipinski definition) is 1. The molecule has 0 atom stereocenters. The molecule has 0 aliphatic rings. The number of rotatable bonds is 2. The van der Waals surface area contributed by atoms with E-state index in [2.05, 4.69) is 67.9 Å². The largest absolute Gasteiger partial charge is 0.306 e. The van der Waals surface area contributed by atoms with Crippen LogP contribution in [0.1, 0.15) is 23.6 Å². The average molecular weight is 250 g/mol. The van der Waals surface area contributed by atoms with Crippen LogP contribution in [0.15, 0.2) is 42.7 Å². The number of benzene rings is 1. The van der Waals surface area contributed by atoms with Crippen LogP contribution in [0, 0.1) is 13.8 Å². The molecule has 0 aliphatic carbocycles. The van der Waals surface area contributed by atoms with Gasteiger partial charge in [-0.25, -0.2) is 4.98 Å². The third-order valence-corrected chi connectivity index (χ3v) is 3.74. The smallest absolute Gasteiger partial charge is 0.137 e. The van der Waals surface area contributed by atoms with Gasteiger partial charge in [-0.1, -0.05) is 19.1 Å². The standard InChI is InChI=1S/C17H18N2/c1-4-14-7-8-19-11-16(18-17(19)10-14)15-6-5-12(2)13(3)9-15/h5-11H,4H2,1-3H3. The van der Waals surface area contributed by atoms with Crippen molar-refractivity contribution in [3.63, 3.8) is 0 Å². The van der Waals surface area contributed by atoms with E-state index in [1.54, 1.807) is 0 Å². The van der Waals surface area contributed by atoms with Crippen molar-refractivity contribution in [1.29, 1.82) is 0 Å². The fourth-order valence-corrected chi connectivity index (χ4v) is 2.28. The highest BCUT2D eigenvalue weighted by atomic mass is 15.0. The van der Waals surface area contributed by atoms with E-state index < -0.39 is 0 Å². The van der Waals surface area contributed by atoms with Crippen LogP contribution >= 0.6 is 0 Å². The van der Waals surface area contributed by atoms with Crippen LogP contribution in [0.3, 0.4) is 0 Å². The molecule has 1 aromatic carbocycles. The highest BCUT2D eigenvalue weighted by molar-refractivity contribution is 5.64. The van der Waals surface area contributed by atoms with E-state index in [1.807, 2.05) is 0 Å². The molecule has 0 aliphatic heterocycles. The van der Waals surface area contributed by atoms with Crippen molar-refractivity contribution in [2.24, 2.45) is 0 Å². The van der Waals surface area contributed by atoms with E-state index in [0.29, 0.717) is 0 Å². The van der Waals surface area contributed by atoms with Crippen LogP contribution in [0.5, 0.6) is 0 Å². The second-order valence-corrected chi connectivity index (χ2v) is 5.08. The van der Waals surface area contributed by atoms with Crippen molar-refractivity contribution < 1.29 is 0 Å². The molecule has 0 saturated carbocycles. The maximum absolute atomic E-state index is 4.73. The Hall–Kier alpha value is -2.09. The van der Waals surface area contributed by atoms with Gasteiger partial charge in [0.05, 0.1) is 5.69 Å². The lowest BCUT2D eigenvalue weighted by Crippen LogP contribution is -1.85. The Balaban J connectivity index is 2.11. The summed E-state index contributed by atoms with van der Waals surface area (Å²) in [6, 6.07) is 10.8. The first-order valence-electron chi connectivity index (χ1n) is 6.72. The van der Waals surface area contributed by atoms with Gasteiger partial charge >= 0.3 is 0 Å². The first-order chi connectivity index (χ1) is 9.17. The summed E-state index contributed by atoms with van der Waals surface area (Å²) in [4.78, 5) is 4.73. The van der Waals surface area contributed by atoms with Gasteiger partial charge in [0.2, 0.25) is 0 Å². The van der Waals surface area contributed by atoms with E-state index in [9.17, 15) is 0 Å². The molecule has 96 valence electrons. The van der Waals surface area contributed by atoms with Crippen LogP contribution in [-0.2, 0) is 6.42 Å². The Morgan fingerprint density at radius 1 is 1.05 bits per heavy atom. The summed E-state index contributed by atoms with van der Waals surface area (Å²) in [6.07, 6.45) is 5.23. The molecule has 0 bridgehead atoms. The van der Waals surface area contributed by atoms with Gasteiger partial charge in [0.15, 0.2) is 0 Å². The van der Waals surface area contributed by atoms with Crippen molar-refractivity contribution in [3.8, 4) is 11.3 Å². The molecule has 0 amide bonds. The van der Waals surface area contributed by atoms with Gasteiger partial charge in [-0.3, -0.25) is 0 Å². The number of pyridine rings is 1. The van der Waals surface area contributed by atoms with Crippen LogP contribution in [0.2, 0.25) is 0 Å². The van der Waals surface area contributed by atoms with Crippen molar-refractivity contribution in [2.45, 2.75) is 27.2 Å². The van der Waals surface area contributed by atoms with Crippen LogP contribution in [-0.4, -0.2) is 9.38 Å². The van der Waals surface area contributed by atoms with E-state index in [-0.39, 0.29) is 0 Å². The lowest BCUT2D eigenvalue weighted by Gasteiger charge is -2.01. The minimum atomic E-state index is 1.02. The Morgan fingerprint density at radius 2 is 1.89 bits per heavy atom. The molecule has 0 radical (unpaired) electrons. The second kappa shape index (κ2) is 4.54. The summed E-state index contributed by atoms with van der Waals surface area (Å²) in [7, 11) is 0. The predicted octanol–water partition coefficient (Wildman–Crippen LogP) is 4.18. The fourth-order valence-electron chi connectivity index (χ4n) is 2.28. The summed E-state index contributed by atoms with van der Waals surface area (Å²) in [6.45, 7) is 6.44. The molecular formula is C17H18N2. The minimum Gasteiger partial charge on any atom is -0.306 e. The highest BCUT2D eigenvalue weighted by Gasteiger charge is 2.05. The van der Waals surface area contributed by atoms with Crippen molar-refractivity contribution >= 4 is 5.65 Å². The SMILES string of the molecule is CCc1ccn2cc(-c3ccc(C)c(C)c3)nc2c1. The van der Waals surface area contributed by atoms with Crippen molar-refractivity contribution in [3.05, 3.63) is 59.4 Å². The molecule has 0 saturated heterocycles. The summed E-state index contributed by atoms with van der Waals surface area (Å²) in [5.74, 6) is 0. The Kier molecular flexibility index (Phi) is 2.86. The Bertz CT molecular complexity index is 738. The van der Waals surface area contributed by atoms with E-state index in [4.69, 9.17) is 4.98 Å². The zero-order chi connectivity index (χ0) is 13.4. The molecule has 3 aromatic rings. The summed E-state index contributed by atoms with van der Waals surface area (Å²) in [5, 5.41) is 0. The number of imidazole rings is 1. The van der Waals surface area contributed by atoms with Gasteiger partial charge in [-0.05, 0) is 55.2 Å². The molecule has 2 aromatic heterocycles. The van der Waals surface area contributed by atoms with Crippen LogP contribution in [0.4, 0.5) is 0 Å². The van der Waals surface area contributed by atoms with Crippen LogP contribution in [0.25, 0.3) is 16.9 Å². The lowest BCUT2D eigenvalue weighted by molar-refractivity contribution is 1.10. The molecule has 19 heavy (non-hydrogen) atoms. The first-order valence-corrected chi connectivity index (χ1v) is 6.72. The average Bonchev–Trinajstić information content (AvgIpc) is 2.84. The highest BCUT2D eigenvalue weighted by Crippen LogP contribution is 2.22. The molecule has 3 rings (SSSR count). The minimum absolute atomic E-state index is 1.02. The Morgan fingerprint density at radius 3 is 2.63 bits per heavy atom. The quantitative estimate of drug-likeness (QED) is 0.667. The van der Waals surface area contributed by atoms with Gasteiger partial charge in [-0.15, -0.1) is 0 Å². The molecule has 0 spiro atoms. The molecule has 2 heteroatoms. The van der Waals surface area contributed by atoms with Gasteiger partial charge in [0.25, 0.3) is 0 Å². The third kappa shape index (κ3) is 2.14. The topological polar surface area (TPSA) is 17.3 Å². The maximum atomic E-state index is 4.73. The lowest BCUT2D eigenvalue weighted by atomic mass is 10.1. The molecule has 0 N–H and O–H groups in total. The first kappa shape index (κ1) is 12.0. The van der Waals surface area contributed by atoms with Gasteiger partial charge in [-0.2, -0.15) is 0 Å². The number of nitrogens with zero attached hydrogens (tertiary/aromatic N) is 2. The van der Waals surface area contributed by atoms with Crippen LogP contribution < -0.4 is 0 Å². The number of hydrogen-bond donors (Lipinski definition) is 0. The summed E-state index contributed by atoms with van der Waals surface area (Å²) >= 11 is 0. The predicted molar refractivity (Wildman–Crippen MR) is 79.5 cm³/mol. The molecule has 0 fully saturated rings. The molecular weight excluding hydrogens is 232 g/mol. The summed E-state index contributed by atoms with van der Waals surface area (Å²) < 4.78 is 2.09. The molecule has 2 nitrogen and oxygen atoms in total. The number of aryl methyl sites for hydroxylation is 3. The monoisotopic (exact) mass is 250 g/mol. The van der Waals surface area contributed by atoms with Crippen molar-refractivity contribution in [2.75, 3.05) is 0 Å². The number of aromatic nitrogens is 2. The van der Waals surface area contributed by atoms with E-state index in [0.717, 1.165) is 17.8 Å². The number of fused-ring (bicyclic) bond motifs is 1. The zero-order valence-corrected chi connectivity index (χ0v) is 11.6. The maximum Gasteiger partial charge on any atom is 0.137 e. The molecule has 0 unspecified atom stereocenters. The van der Waals surface area contributed by atoms with Gasteiger partial charge in [0, 0.05) is 18.0 Å². The normalized spacial score (nSPS) is 11.1. The second-order valence-electron chi connectivity index (χ2n) is 5.08. The fraction of sp³-hybridized carbons (Fsp3) is 0.235. The Labute approximate surface area is 113 Å².